The molecule has 122 valence electrons. The quantitative estimate of drug-likeness (QED) is 0.849. The van der Waals surface area contributed by atoms with Crippen LogP contribution in [0.15, 0.2) is 30.6 Å². The first-order valence-corrected chi connectivity index (χ1v) is 8.01. The van der Waals surface area contributed by atoms with E-state index in [4.69, 9.17) is 9.47 Å². The van der Waals surface area contributed by atoms with E-state index in [-0.39, 0.29) is 0 Å². The maximum atomic E-state index is 5.92. The smallest absolute Gasteiger partial charge is 0.131 e. The number of fused-ring (bicyclic) bond motifs is 1. The summed E-state index contributed by atoms with van der Waals surface area (Å²) in [6, 6.07) is 8.12. The van der Waals surface area contributed by atoms with Crippen LogP contribution < -0.4 is 14.4 Å². The van der Waals surface area contributed by atoms with Crippen molar-refractivity contribution in [3.05, 3.63) is 41.9 Å². The Bertz CT molecular complexity index is 675. The van der Waals surface area contributed by atoms with Gasteiger partial charge in [0.25, 0.3) is 0 Å². The minimum Gasteiger partial charge on any atom is -0.497 e. The number of aromatic nitrogens is 2. The molecule has 0 saturated heterocycles. The third kappa shape index (κ3) is 3.55. The van der Waals surface area contributed by atoms with E-state index in [1.54, 1.807) is 13.4 Å². The Morgan fingerprint density at radius 3 is 2.96 bits per heavy atom. The molecule has 2 aromatic rings. The van der Waals surface area contributed by atoms with E-state index >= 15 is 0 Å². The van der Waals surface area contributed by atoms with Gasteiger partial charge in [0.05, 0.1) is 13.7 Å². The van der Waals surface area contributed by atoms with Crippen molar-refractivity contribution in [1.29, 1.82) is 0 Å². The van der Waals surface area contributed by atoms with Crippen LogP contribution in [0.2, 0.25) is 0 Å². The molecule has 0 amide bonds. The van der Waals surface area contributed by atoms with Crippen molar-refractivity contribution < 1.29 is 9.47 Å². The summed E-state index contributed by atoms with van der Waals surface area (Å²) in [5.74, 6) is 3.19. The molecule has 0 spiro atoms. The Morgan fingerprint density at radius 2 is 2.17 bits per heavy atom. The Balaban J connectivity index is 1.70. The second-order valence-corrected chi connectivity index (χ2v) is 5.94. The fourth-order valence-corrected chi connectivity index (χ4v) is 2.84. The number of ether oxygens (including phenoxy) is 2. The van der Waals surface area contributed by atoms with E-state index in [0.717, 1.165) is 42.4 Å². The normalized spacial score (nSPS) is 16.4. The van der Waals surface area contributed by atoms with Gasteiger partial charge in [-0.3, -0.25) is 0 Å². The maximum Gasteiger partial charge on any atom is 0.131 e. The van der Waals surface area contributed by atoms with Crippen LogP contribution in [0.3, 0.4) is 0 Å². The van der Waals surface area contributed by atoms with Crippen molar-refractivity contribution in [2.75, 3.05) is 32.2 Å². The lowest BCUT2D eigenvalue weighted by atomic mass is 9.92. The average molecular weight is 313 g/mol. The van der Waals surface area contributed by atoms with Gasteiger partial charge in [0, 0.05) is 37.3 Å². The van der Waals surface area contributed by atoms with E-state index in [2.05, 4.69) is 33.9 Å². The van der Waals surface area contributed by atoms with Crippen LogP contribution in [0.5, 0.6) is 11.5 Å². The molecule has 1 aromatic carbocycles. The van der Waals surface area contributed by atoms with Crippen LogP contribution >= 0.6 is 0 Å². The standard InChI is InChI=1S/C18H23N3O2/c1-4-21(2)18-9-15(19-12-20-18)8-13-7-14-5-6-16(22-3)10-17(14)23-11-13/h5-6,9-10,12-13H,4,7-8,11H2,1-3H3/t13-/m1/s1. The van der Waals surface area contributed by atoms with E-state index < -0.39 is 0 Å². The van der Waals surface area contributed by atoms with E-state index in [1.165, 1.54) is 5.56 Å². The molecule has 2 heterocycles. The Morgan fingerprint density at radius 1 is 1.30 bits per heavy atom. The van der Waals surface area contributed by atoms with Gasteiger partial charge in [0.1, 0.15) is 23.6 Å². The highest BCUT2D eigenvalue weighted by Gasteiger charge is 2.21. The third-order valence-electron chi connectivity index (χ3n) is 4.33. The number of benzene rings is 1. The Hall–Kier alpha value is -2.30. The molecule has 5 heteroatoms. The van der Waals surface area contributed by atoms with Crippen molar-refractivity contribution in [1.82, 2.24) is 9.97 Å². The van der Waals surface area contributed by atoms with E-state index in [0.29, 0.717) is 12.5 Å². The summed E-state index contributed by atoms with van der Waals surface area (Å²) >= 11 is 0. The topological polar surface area (TPSA) is 47.5 Å². The molecule has 0 fully saturated rings. The SMILES string of the molecule is CCN(C)c1cc(C[C@@H]2COc3cc(OC)ccc3C2)ncn1. The summed E-state index contributed by atoms with van der Waals surface area (Å²) in [4.78, 5) is 10.9. The van der Waals surface area contributed by atoms with Gasteiger partial charge in [-0.2, -0.15) is 0 Å². The molecule has 0 unspecified atom stereocenters. The highest BCUT2D eigenvalue weighted by molar-refractivity contribution is 5.42. The minimum atomic E-state index is 0.436. The van der Waals surface area contributed by atoms with Crippen LogP contribution in [-0.4, -0.2) is 37.3 Å². The lowest BCUT2D eigenvalue weighted by Gasteiger charge is -2.25. The molecule has 1 aliphatic heterocycles. The van der Waals surface area contributed by atoms with Crippen LogP contribution in [0.1, 0.15) is 18.2 Å². The molecule has 3 rings (SSSR count). The second kappa shape index (κ2) is 6.86. The van der Waals surface area contributed by atoms with Gasteiger partial charge < -0.3 is 14.4 Å². The fraction of sp³-hybridized carbons (Fsp3) is 0.444. The lowest BCUT2D eigenvalue weighted by Crippen LogP contribution is -2.23. The third-order valence-corrected chi connectivity index (χ3v) is 4.33. The monoisotopic (exact) mass is 313 g/mol. The molecule has 0 aliphatic carbocycles. The summed E-state index contributed by atoms with van der Waals surface area (Å²) in [6.07, 6.45) is 3.56. The summed E-state index contributed by atoms with van der Waals surface area (Å²) < 4.78 is 11.2. The lowest BCUT2D eigenvalue weighted by molar-refractivity contribution is 0.219. The number of nitrogens with zero attached hydrogens (tertiary/aromatic N) is 3. The molecular weight excluding hydrogens is 290 g/mol. The maximum absolute atomic E-state index is 5.92. The van der Waals surface area contributed by atoms with E-state index in [9.17, 15) is 0 Å². The van der Waals surface area contributed by atoms with E-state index in [1.807, 2.05) is 19.2 Å². The predicted octanol–water partition coefficient (Wildman–Crippen LogP) is 2.74. The van der Waals surface area contributed by atoms with Crippen LogP contribution in [0.4, 0.5) is 5.82 Å². The first-order valence-electron chi connectivity index (χ1n) is 8.01. The van der Waals surface area contributed by atoms with Gasteiger partial charge in [0.15, 0.2) is 0 Å². The van der Waals surface area contributed by atoms with Crippen molar-refractivity contribution in [3.63, 3.8) is 0 Å². The zero-order valence-corrected chi connectivity index (χ0v) is 14.0. The van der Waals surface area contributed by atoms with Crippen molar-refractivity contribution in [2.24, 2.45) is 5.92 Å². The van der Waals surface area contributed by atoms with Crippen LogP contribution in [0.25, 0.3) is 0 Å². The summed E-state index contributed by atoms with van der Waals surface area (Å²) in [7, 11) is 3.72. The first kappa shape index (κ1) is 15.6. The van der Waals surface area contributed by atoms with Gasteiger partial charge in [0.2, 0.25) is 0 Å². The van der Waals surface area contributed by atoms with Crippen LogP contribution in [0, 0.1) is 5.92 Å². The number of rotatable bonds is 5. The number of hydrogen-bond acceptors (Lipinski definition) is 5. The molecule has 0 saturated carbocycles. The zero-order valence-electron chi connectivity index (χ0n) is 14.0. The minimum absolute atomic E-state index is 0.436. The Kier molecular flexibility index (Phi) is 4.65. The fourth-order valence-electron chi connectivity index (χ4n) is 2.84. The zero-order chi connectivity index (χ0) is 16.2. The molecule has 0 N–H and O–H groups in total. The molecule has 0 bridgehead atoms. The summed E-state index contributed by atoms with van der Waals surface area (Å²) in [5, 5.41) is 0. The highest BCUT2D eigenvalue weighted by atomic mass is 16.5. The molecule has 1 atom stereocenters. The van der Waals surface area contributed by atoms with Crippen molar-refractivity contribution in [3.8, 4) is 11.5 Å². The number of anilines is 1. The summed E-state index contributed by atoms with van der Waals surface area (Å²) in [5.41, 5.74) is 2.31. The number of methoxy groups -OCH3 is 1. The first-order chi connectivity index (χ1) is 11.2. The molecular formula is C18H23N3O2. The van der Waals surface area contributed by atoms with Gasteiger partial charge in [-0.25, -0.2) is 9.97 Å². The molecule has 23 heavy (non-hydrogen) atoms. The molecule has 1 aromatic heterocycles. The van der Waals surface area contributed by atoms with Crippen LogP contribution in [-0.2, 0) is 12.8 Å². The van der Waals surface area contributed by atoms with Gasteiger partial charge in [-0.05, 0) is 31.4 Å². The largest absolute Gasteiger partial charge is 0.497 e. The number of hydrogen-bond donors (Lipinski definition) is 0. The molecule has 0 radical (unpaired) electrons. The second-order valence-electron chi connectivity index (χ2n) is 5.94. The van der Waals surface area contributed by atoms with Crippen molar-refractivity contribution >= 4 is 5.82 Å². The highest BCUT2D eigenvalue weighted by Crippen LogP contribution is 2.32. The average Bonchev–Trinajstić information content (AvgIpc) is 2.60. The van der Waals surface area contributed by atoms with Gasteiger partial charge in [-0.15, -0.1) is 0 Å². The molecule has 5 nitrogen and oxygen atoms in total. The summed E-state index contributed by atoms with van der Waals surface area (Å²) in [6.45, 7) is 3.75. The van der Waals surface area contributed by atoms with Gasteiger partial charge >= 0.3 is 0 Å². The molecule has 1 aliphatic rings. The van der Waals surface area contributed by atoms with Crippen molar-refractivity contribution in [2.45, 2.75) is 19.8 Å². The van der Waals surface area contributed by atoms with Gasteiger partial charge in [-0.1, -0.05) is 6.07 Å². The predicted molar refractivity (Wildman–Crippen MR) is 90.4 cm³/mol. The Labute approximate surface area is 137 Å².